The first kappa shape index (κ1) is 15.2. The Kier molecular flexibility index (Phi) is 2.91. The van der Waals surface area contributed by atoms with Gasteiger partial charge in [0, 0.05) is 42.7 Å². The Balaban J connectivity index is 1.92. The predicted molar refractivity (Wildman–Crippen MR) is 100 cm³/mol. The van der Waals surface area contributed by atoms with E-state index in [-0.39, 0.29) is 11.8 Å². The maximum absolute atomic E-state index is 13.6. The van der Waals surface area contributed by atoms with E-state index < -0.39 is 5.54 Å². The van der Waals surface area contributed by atoms with Crippen LogP contribution in [0, 0.1) is 0 Å². The number of amides is 2. The Hall–Kier alpha value is -3.08. The zero-order valence-electron chi connectivity index (χ0n) is 14.7. The van der Waals surface area contributed by atoms with Crippen molar-refractivity contribution in [2.24, 2.45) is 0 Å². The van der Waals surface area contributed by atoms with Crippen molar-refractivity contribution in [1.82, 2.24) is 9.88 Å². The van der Waals surface area contributed by atoms with Gasteiger partial charge in [0.05, 0.1) is 5.69 Å². The lowest BCUT2D eigenvalue weighted by atomic mass is 9.80. The molecule has 1 atom stereocenters. The number of H-pyrrole nitrogens is 1. The summed E-state index contributed by atoms with van der Waals surface area (Å²) in [5.74, 6) is -0.172. The van der Waals surface area contributed by atoms with Gasteiger partial charge in [-0.15, -0.1) is 0 Å². The highest BCUT2D eigenvalue weighted by Crippen LogP contribution is 2.51. The second-order valence-electron chi connectivity index (χ2n) is 7.04. The molecule has 26 heavy (non-hydrogen) atoms. The predicted octanol–water partition coefficient (Wildman–Crippen LogP) is 2.79. The molecule has 0 fully saturated rings. The number of anilines is 1. The number of aromatic nitrogens is 1. The number of nitrogens with one attached hydrogen (secondary N) is 1. The van der Waals surface area contributed by atoms with Crippen molar-refractivity contribution in [3.05, 3.63) is 65.4 Å². The molecule has 1 N–H and O–H groups in total. The average molecular weight is 345 g/mol. The SMILES string of the molecule is CC(=O)N1CCc2c([nH]c3ccccc23)C12C(=O)N(C)c1ccccc12. The van der Waals surface area contributed by atoms with Crippen LogP contribution >= 0.6 is 0 Å². The smallest absolute Gasteiger partial charge is 0.263 e. The van der Waals surface area contributed by atoms with E-state index in [1.165, 1.54) is 0 Å². The summed E-state index contributed by atoms with van der Waals surface area (Å²) in [6.45, 7) is 2.07. The Labute approximate surface area is 151 Å². The van der Waals surface area contributed by atoms with Crippen LogP contribution in [0.4, 0.5) is 5.69 Å². The topological polar surface area (TPSA) is 56.4 Å². The number of rotatable bonds is 0. The zero-order valence-corrected chi connectivity index (χ0v) is 14.7. The molecule has 0 radical (unpaired) electrons. The summed E-state index contributed by atoms with van der Waals surface area (Å²) < 4.78 is 0. The third kappa shape index (κ3) is 1.60. The van der Waals surface area contributed by atoms with Gasteiger partial charge in [-0.3, -0.25) is 9.59 Å². The Morgan fingerprint density at radius 1 is 1.12 bits per heavy atom. The molecule has 5 nitrogen and oxygen atoms in total. The molecule has 0 saturated carbocycles. The molecular weight excluding hydrogens is 326 g/mol. The van der Waals surface area contributed by atoms with Crippen LogP contribution < -0.4 is 4.90 Å². The van der Waals surface area contributed by atoms with E-state index in [9.17, 15) is 9.59 Å². The number of hydrogen-bond donors (Lipinski definition) is 1. The minimum absolute atomic E-state index is 0.0820. The van der Waals surface area contributed by atoms with Gasteiger partial charge in [0.2, 0.25) is 5.91 Å². The number of nitrogens with zero attached hydrogens (tertiary/aromatic N) is 2. The second-order valence-corrected chi connectivity index (χ2v) is 7.04. The van der Waals surface area contributed by atoms with Gasteiger partial charge in [-0.25, -0.2) is 0 Å². The first-order chi connectivity index (χ1) is 12.6. The molecule has 0 aliphatic carbocycles. The summed E-state index contributed by atoms with van der Waals surface area (Å²) in [7, 11) is 1.78. The highest BCUT2D eigenvalue weighted by Gasteiger charge is 2.59. The fourth-order valence-corrected chi connectivity index (χ4v) is 4.73. The van der Waals surface area contributed by atoms with Gasteiger partial charge in [0.15, 0.2) is 5.54 Å². The van der Waals surface area contributed by atoms with E-state index in [2.05, 4.69) is 11.1 Å². The highest BCUT2D eigenvalue weighted by atomic mass is 16.2. The fraction of sp³-hybridized carbons (Fsp3) is 0.238. The van der Waals surface area contributed by atoms with Crippen LogP contribution in [0.25, 0.3) is 10.9 Å². The molecule has 3 aromatic rings. The molecule has 0 saturated heterocycles. The first-order valence-corrected chi connectivity index (χ1v) is 8.82. The molecule has 0 bridgehead atoms. The number of likely N-dealkylation sites (N-methyl/N-ethyl adjacent to an activating group) is 1. The van der Waals surface area contributed by atoms with Gasteiger partial charge < -0.3 is 14.8 Å². The standard InChI is InChI=1S/C21H19N3O2/c1-13(25)24-12-11-15-14-7-3-5-9-17(14)22-19(15)21(24)16-8-4-6-10-18(16)23(2)20(21)26/h3-10,22H,11-12H2,1-2H3. The lowest BCUT2D eigenvalue weighted by Crippen LogP contribution is -2.58. The third-order valence-electron chi connectivity index (χ3n) is 5.82. The number of carbonyl (C=O) groups is 2. The first-order valence-electron chi connectivity index (χ1n) is 8.82. The quantitative estimate of drug-likeness (QED) is 0.681. The summed E-state index contributed by atoms with van der Waals surface area (Å²) in [6.07, 6.45) is 0.736. The van der Waals surface area contributed by atoms with Crippen LogP contribution in [0.2, 0.25) is 0 Å². The minimum Gasteiger partial charge on any atom is -0.355 e. The third-order valence-corrected chi connectivity index (χ3v) is 5.82. The highest BCUT2D eigenvalue weighted by molar-refractivity contribution is 6.12. The van der Waals surface area contributed by atoms with Gasteiger partial charge in [-0.2, -0.15) is 0 Å². The van der Waals surface area contributed by atoms with E-state index in [1.807, 2.05) is 42.5 Å². The number of fused-ring (bicyclic) bond motifs is 6. The largest absolute Gasteiger partial charge is 0.355 e. The van der Waals surface area contributed by atoms with Crippen LogP contribution in [0.15, 0.2) is 48.5 Å². The number of aromatic amines is 1. The molecule has 130 valence electrons. The van der Waals surface area contributed by atoms with Crippen LogP contribution in [0.5, 0.6) is 0 Å². The van der Waals surface area contributed by atoms with Crippen molar-refractivity contribution in [3.63, 3.8) is 0 Å². The van der Waals surface area contributed by atoms with Gasteiger partial charge in [-0.05, 0) is 24.1 Å². The molecule has 2 aliphatic rings. The molecule has 3 heterocycles. The monoisotopic (exact) mass is 345 g/mol. The molecule has 1 aromatic heterocycles. The van der Waals surface area contributed by atoms with E-state index in [0.29, 0.717) is 6.54 Å². The summed E-state index contributed by atoms with van der Waals surface area (Å²) in [5.41, 5.74) is 3.59. The van der Waals surface area contributed by atoms with Crippen LogP contribution in [0.3, 0.4) is 0 Å². The Morgan fingerprint density at radius 3 is 2.65 bits per heavy atom. The maximum atomic E-state index is 13.6. The zero-order chi connectivity index (χ0) is 18.1. The molecule has 5 heteroatoms. The lowest BCUT2D eigenvalue weighted by Gasteiger charge is -2.43. The normalized spacial score (nSPS) is 21.4. The molecule has 1 spiro atoms. The van der Waals surface area contributed by atoms with Crippen LogP contribution in [-0.4, -0.2) is 35.3 Å². The number of benzene rings is 2. The number of carbonyl (C=O) groups excluding carboxylic acids is 2. The molecule has 2 aliphatic heterocycles. The van der Waals surface area contributed by atoms with E-state index in [1.54, 1.807) is 23.8 Å². The Morgan fingerprint density at radius 2 is 1.85 bits per heavy atom. The Bertz CT molecular complexity index is 1080. The van der Waals surface area contributed by atoms with Crippen molar-refractivity contribution in [2.45, 2.75) is 18.9 Å². The van der Waals surface area contributed by atoms with E-state index in [0.717, 1.165) is 39.8 Å². The number of para-hydroxylation sites is 2. The molecule has 2 amide bonds. The molecular formula is C21H19N3O2. The summed E-state index contributed by atoms with van der Waals surface area (Å²) >= 11 is 0. The van der Waals surface area contributed by atoms with Gasteiger partial charge in [0.25, 0.3) is 5.91 Å². The molecule has 2 aromatic carbocycles. The van der Waals surface area contributed by atoms with Crippen molar-refractivity contribution < 1.29 is 9.59 Å². The summed E-state index contributed by atoms with van der Waals surface area (Å²) in [5, 5.41) is 1.13. The summed E-state index contributed by atoms with van der Waals surface area (Å²) in [4.78, 5) is 33.1. The second kappa shape index (κ2) is 4.97. The van der Waals surface area contributed by atoms with Crippen molar-refractivity contribution in [3.8, 4) is 0 Å². The molecule has 1 unspecified atom stereocenters. The average Bonchev–Trinajstić information content (AvgIpc) is 3.13. The molecule has 5 rings (SSSR count). The number of hydrogen-bond acceptors (Lipinski definition) is 2. The van der Waals surface area contributed by atoms with Crippen molar-refractivity contribution in [1.29, 1.82) is 0 Å². The van der Waals surface area contributed by atoms with Crippen molar-refractivity contribution >= 4 is 28.4 Å². The van der Waals surface area contributed by atoms with E-state index in [4.69, 9.17) is 0 Å². The maximum Gasteiger partial charge on any atom is 0.263 e. The van der Waals surface area contributed by atoms with E-state index >= 15 is 0 Å². The van der Waals surface area contributed by atoms with Gasteiger partial charge in [-0.1, -0.05) is 36.4 Å². The van der Waals surface area contributed by atoms with Crippen LogP contribution in [-0.2, 0) is 21.5 Å². The lowest BCUT2D eigenvalue weighted by molar-refractivity contribution is -0.143. The van der Waals surface area contributed by atoms with Crippen molar-refractivity contribution in [2.75, 3.05) is 18.5 Å². The van der Waals surface area contributed by atoms with Crippen LogP contribution in [0.1, 0.15) is 23.7 Å². The fourth-order valence-electron chi connectivity index (χ4n) is 4.73. The minimum atomic E-state index is -1.11. The van der Waals surface area contributed by atoms with Gasteiger partial charge >= 0.3 is 0 Å². The summed E-state index contributed by atoms with van der Waals surface area (Å²) in [6, 6.07) is 15.9. The van der Waals surface area contributed by atoms with Gasteiger partial charge in [0.1, 0.15) is 0 Å².